The summed E-state index contributed by atoms with van der Waals surface area (Å²) in [6.07, 6.45) is 0.780. The molecule has 0 radical (unpaired) electrons. The highest BCUT2D eigenvalue weighted by atomic mass is 35.7. The first kappa shape index (κ1) is 20.6. The Balaban J connectivity index is -0.000000181. The molecule has 0 rings (SSSR count). The minimum atomic E-state index is -3.88. The SMILES string of the molecule is NS(=O)(=O)Cl.O=CC=NS(=O)(=O)Cl.O=CO. The summed E-state index contributed by atoms with van der Waals surface area (Å²) < 4.78 is 40.6. The normalized spacial score (nSPS) is 10.4. The van der Waals surface area contributed by atoms with Gasteiger partial charge in [-0.2, -0.15) is 21.2 Å². The highest BCUT2D eigenvalue weighted by Gasteiger charge is 1.94. The Labute approximate surface area is 100.0 Å². The monoisotopic (exact) mass is 316 g/mol. The van der Waals surface area contributed by atoms with E-state index in [1.807, 2.05) is 0 Å². The van der Waals surface area contributed by atoms with Crippen LogP contribution in [0.25, 0.3) is 0 Å². The van der Waals surface area contributed by atoms with Gasteiger partial charge in [-0.1, -0.05) is 0 Å². The summed E-state index contributed by atoms with van der Waals surface area (Å²) in [6.45, 7) is -0.250. The van der Waals surface area contributed by atoms with E-state index in [0.29, 0.717) is 6.21 Å². The Kier molecular flexibility index (Phi) is 13.9. The van der Waals surface area contributed by atoms with E-state index in [2.05, 4.69) is 30.9 Å². The lowest BCUT2D eigenvalue weighted by Crippen LogP contribution is -2.00. The Bertz CT molecular complexity index is 405. The molecule has 16 heavy (non-hydrogen) atoms. The molecular formula is C3H6Cl2N2O7S2. The minimum Gasteiger partial charge on any atom is -0.483 e. The lowest BCUT2D eigenvalue weighted by atomic mass is 10.9. The van der Waals surface area contributed by atoms with Crippen LogP contribution in [0.15, 0.2) is 4.40 Å². The van der Waals surface area contributed by atoms with Gasteiger partial charge in [-0.3, -0.25) is 9.59 Å². The van der Waals surface area contributed by atoms with Crippen molar-refractivity contribution in [1.29, 1.82) is 0 Å². The van der Waals surface area contributed by atoms with Crippen LogP contribution in [0.4, 0.5) is 0 Å². The summed E-state index contributed by atoms with van der Waals surface area (Å²) in [5, 5.41) is 11.0. The van der Waals surface area contributed by atoms with E-state index < -0.39 is 18.5 Å². The van der Waals surface area contributed by atoms with Crippen LogP contribution < -0.4 is 5.14 Å². The second kappa shape index (κ2) is 10.8. The molecule has 0 bridgehead atoms. The van der Waals surface area contributed by atoms with Crippen molar-refractivity contribution in [2.75, 3.05) is 0 Å². The van der Waals surface area contributed by atoms with Gasteiger partial charge in [-0.05, 0) is 0 Å². The smallest absolute Gasteiger partial charge is 0.339 e. The van der Waals surface area contributed by atoms with E-state index in [1.165, 1.54) is 0 Å². The predicted octanol–water partition coefficient (Wildman–Crippen LogP) is -1.13. The molecule has 0 fully saturated rings. The average molecular weight is 317 g/mol. The van der Waals surface area contributed by atoms with Crippen LogP contribution in [-0.2, 0) is 28.1 Å². The standard InChI is InChI=1S/C2H2ClNO3S.CH2O2.ClH2NO2S/c3-8(6,7)4-1-2-5;2-1-3;1-5(2,3)4/h1-2H;1H,(H,2,3);(H2,2,3,4). The first-order valence-electron chi connectivity index (χ1n) is 2.71. The van der Waals surface area contributed by atoms with Crippen molar-refractivity contribution in [3.8, 4) is 0 Å². The van der Waals surface area contributed by atoms with Gasteiger partial charge in [-0.25, -0.2) is 5.14 Å². The number of nitrogens with two attached hydrogens (primary N) is 1. The second-order valence-corrected chi connectivity index (χ2v) is 5.83. The second-order valence-electron chi connectivity index (χ2n) is 1.38. The molecule has 13 heteroatoms. The van der Waals surface area contributed by atoms with Crippen LogP contribution in [-0.4, -0.2) is 40.9 Å². The number of hydrogen-bond donors (Lipinski definition) is 2. The number of aldehydes is 1. The average Bonchev–Trinajstić information content (AvgIpc) is 1.97. The highest BCUT2D eigenvalue weighted by Crippen LogP contribution is 1.93. The summed E-state index contributed by atoms with van der Waals surface area (Å²) >= 11 is 0. The molecule has 0 heterocycles. The summed E-state index contributed by atoms with van der Waals surface area (Å²) in [6, 6.07) is 0. The molecule has 0 aromatic heterocycles. The third kappa shape index (κ3) is 110. The molecule has 96 valence electrons. The topological polar surface area (TPSA) is 161 Å². The zero-order valence-corrected chi connectivity index (χ0v) is 10.4. The molecule has 3 N–H and O–H groups in total. The molecule has 0 aromatic carbocycles. The molecule has 0 aromatic rings. The maximum atomic E-state index is 9.80. The van der Waals surface area contributed by atoms with Crippen molar-refractivity contribution in [3.63, 3.8) is 0 Å². The van der Waals surface area contributed by atoms with Gasteiger partial charge in [0.05, 0.1) is 6.21 Å². The number of nitrogens with zero attached hydrogens (tertiary/aromatic N) is 1. The van der Waals surface area contributed by atoms with Crippen molar-refractivity contribution in [3.05, 3.63) is 0 Å². The van der Waals surface area contributed by atoms with E-state index in [0.717, 1.165) is 0 Å². The van der Waals surface area contributed by atoms with Crippen LogP contribution in [0.5, 0.6) is 0 Å². The fraction of sp³-hybridized carbons (Fsp3) is 0. The molecule has 0 aliphatic rings. The van der Waals surface area contributed by atoms with Gasteiger partial charge in [0.1, 0.15) is 0 Å². The Hall–Kier alpha value is -0.750. The fourth-order valence-corrected chi connectivity index (χ4v) is 0.431. The Morgan fingerprint density at radius 2 is 1.38 bits per heavy atom. The van der Waals surface area contributed by atoms with Crippen molar-refractivity contribution in [2.24, 2.45) is 9.54 Å². The lowest BCUT2D eigenvalue weighted by Gasteiger charge is -1.73. The van der Waals surface area contributed by atoms with Crippen molar-refractivity contribution in [1.82, 2.24) is 0 Å². The molecule has 0 aliphatic carbocycles. The van der Waals surface area contributed by atoms with Gasteiger partial charge >= 0.3 is 9.24 Å². The first-order valence-corrected chi connectivity index (χ1v) is 7.35. The third-order valence-electron chi connectivity index (χ3n) is 0.248. The number of carbonyl (C=O) groups excluding carboxylic acids is 1. The Morgan fingerprint density at radius 1 is 1.12 bits per heavy atom. The molecule has 0 amide bonds. The summed E-state index contributed by atoms with van der Waals surface area (Å²) in [7, 11) is 1.24. The third-order valence-corrected chi connectivity index (χ3v) is 0.860. The minimum absolute atomic E-state index is 0.222. The largest absolute Gasteiger partial charge is 0.483 e. The van der Waals surface area contributed by atoms with E-state index in [4.69, 9.17) is 9.90 Å². The Morgan fingerprint density at radius 3 is 1.44 bits per heavy atom. The first-order chi connectivity index (χ1) is 6.97. The van der Waals surface area contributed by atoms with Gasteiger partial charge in [0.2, 0.25) is 0 Å². The van der Waals surface area contributed by atoms with E-state index >= 15 is 0 Å². The summed E-state index contributed by atoms with van der Waals surface area (Å²) in [5.74, 6) is 0. The van der Waals surface area contributed by atoms with Gasteiger partial charge in [0.15, 0.2) is 6.29 Å². The van der Waals surface area contributed by atoms with E-state index in [-0.39, 0.29) is 12.8 Å². The number of halogens is 2. The molecule has 0 saturated carbocycles. The molecule has 0 atom stereocenters. The van der Waals surface area contributed by atoms with Crippen LogP contribution in [0.1, 0.15) is 0 Å². The van der Waals surface area contributed by atoms with Gasteiger partial charge < -0.3 is 5.11 Å². The lowest BCUT2D eigenvalue weighted by molar-refractivity contribution is -0.122. The molecule has 0 aliphatic heterocycles. The van der Waals surface area contributed by atoms with Crippen molar-refractivity contribution < 1.29 is 31.5 Å². The van der Waals surface area contributed by atoms with Crippen LogP contribution in [0, 0.1) is 0 Å². The number of carbonyl (C=O) groups is 2. The number of rotatable bonds is 2. The summed E-state index contributed by atoms with van der Waals surface area (Å²) in [5.41, 5.74) is 0. The number of hydrogen-bond acceptors (Lipinski definition) is 6. The van der Waals surface area contributed by atoms with Gasteiger partial charge in [0, 0.05) is 21.4 Å². The van der Waals surface area contributed by atoms with E-state index in [1.54, 1.807) is 0 Å². The maximum absolute atomic E-state index is 9.80. The highest BCUT2D eigenvalue weighted by molar-refractivity contribution is 8.12. The quantitative estimate of drug-likeness (QED) is 0.370. The van der Waals surface area contributed by atoms with Crippen LogP contribution in [0.3, 0.4) is 0 Å². The van der Waals surface area contributed by atoms with Crippen LogP contribution in [0.2, 0.25) is 0 Å². The van der Waals surface area contributed by atoms with Crippen LogP contribution >= 0.6 is 21.4 Å². The zero-order chi connectivity index (χ0) is 13.8. The van der Waals surface area contributed by atoms with E-state index in [9.17, 15) is 21.6 Å². The molecule has 0 unspecified atom stereocenters. The molecule has 0 saturated heterocycles. The summed E-state index contributed by atoms with van der Waals surface area (Å²) in [4.78, 5) is 17.7. The molecule has 9 nitrogen and oxygen atoms in total. The van der Waals surface area contributed by atoms with Crippen molar-refractivity contribution >= 4 is 58.8 Å². The zero-order valence-electron chi connectivity index (χ0n) is 7.23. The van der Waals surface area contributed by atoms with Crippen molar-refractivity contribution in [2.45, 2.75) is 0 Å². The van der Waals surface area contributed by atoms with Gasteiger partial charge in [0.25, 0.3) is 15.7 Å². The molecular weight excluding hydrogens is 311 g/mol. The fourth-order valence-electron chi connectivity index (χ4n) is 0.0975. The predicted molar refractivity (Wildman–Crippen MR) is 57.0 cm³/mol. The maximum Gasteiger partial charge on any atom is 0.339 e. The number of carboxylic acid groups (broad SMARTS) is 1. The molecule has 0 spiro atoms. The van der Waals surface area contributed by atoms with Gasteiger partial charge in [-0.15, -0.1) is 0 Å².